The van der Waals surface area contributed by atoms with Gasteiger partial charge in [-0.05, 0) is 19.5 Å². The molecule has 1 aromatic carbocycles. The van der Waals surface area contributed by atoms with E-state index in [2.05, 4.69) is 5.32 Å². The summed E-state index contributed by atoms with van der Waals surface area (Å²) in [4.78, 5) is 10.8. The molecule has 3 nitrogen and oxygen atoms in total. The highest BCUT2D eigenvalue weighted by atomic mass is 16.4. The van der Waals surface area contributed by atoms with E-state index in [1.54, 1.807) is 7.05 Å². The first-order chi connectivity index (χ1) is 6.15. The quantitative estimate of drug-likeness (QED) is 0.736. The zero-order valence-corrected chi connectivity index (χ0v) is 7.74. The Morgan fingerprint density at radius 3 is 2.31 bits per heavy atom. The van der Waals surface area contributed by atoms with Gasteiger partial charge < -0.3 is 10.4 Å². The van der Waals surface area contributed by atoms with E-state index in [1.165, 1.54) is 0 Å². The van der Waals surface area contributed by atoms with Gasteiger partial charge in [0.15, 0.2) is 0 Å². The van der Waals surface area contributed by atoms with Gasteiger partial charge in [-0.1, -0.05) is 29.8 Å². The average Bonchev–Trinajstić information content (AvgIpc) is 2.09. The van der Waals surface area contributed by atoms with Crippen LogP contribution in [0.3, 0.4) is 0 Å². The van der Waals surface area contributed by atoms with Gasteiger partial charge in [-0.2, -0.15) is 0 Å². The van der Waals surface area contributed by atoms with Crippen LogP contribution in [-0.4, -0.2) is 18.1 Å². The maximum Gasteiger partial charge on any atom is 0.325 e. The lowest BCUT2D eigenvalue weighted by Crippen LogP contribution is -2.24. The average molecular weight is 179 g/mol. The first-order valence-electron chi connectivity index (χ1n) is 4.12. The van der Waals surface area contributed by atoms with E-state index < -0.39 is 12.0 Å². The van der Waals surface area contributed by atoms with Gasteiger partial charge in [-0.15, -0.1) is 0 Å². The molecule has 1 rings (SSSR count). The largest absolute Gasteiger partial charge is 0.480 e. The molecule has 0 heterocycles. The SMILES string of the molecule is CNC(C(=O)O)c1ccc(C)cc1. The Hall–Kier alpha value is -1.35. The van der Waals surface area contributed by atoms with E-state index >= 15 is 0 Å². The lowest BCUT2D eigenvalue weighted by molar-refractivity contribution is -0.139. The predicted molar refractivity (Wildman–Crippen MR) is 50.6 cm³/mol. The molecule has 0 amide bonds. The smallest absolute Gasteiger partial charge is 0.325 e. The maximum absolute atomic E-state index is 10.8. The summed E-state index contributed by atoms with van der Waals surface area (Å²) >= 11 is 0. The van der Waals surface area contributed by atoms with Crippen LogP contribution < -0.4 is 5.32 Å². The molecular formula is C10H13NO2. The third-order valence-electron chi connectivity index (χ3n) is 1.95. The molecule has 0 bridgehead atoms. The van der Waals surface area contributed by atoms with E-state index in [0.29, 0.717) is 0 Å². The van der Waals surface area contributed by atoms with Gasteiger partial charge in [0.2, 0.25) is 0 Å². The molecule has 0 aliphatic heterocycles. The zero-order chi connectivity index (χ0) is 9.84. The van der Waals surface area contributed by atoms with Gasteiger partial charge in [0.25, 0.3) is 0 Å². The topological polar surface area (TPSA) is 49.3 Å². The van der Waals surface area contributed by atoms with Gasteiger partial charge in [-0.3, -0.25) is 4.79 Å². The molecule has 0 aliphatic rings. The van der Waals surface area contributed by atoms with Crippen molar-refractivity contribution in [1.29, 1.82) is 0 Å². The third-order valence-corrected chi connectivity index (χ3v) is 1.95. The van der Waals surface area contributed by atoms with Crippen LogP contribution in [0.4, 0.5) is 0 Å². The van der Waals surface area contributed by atoms with Gasteiger partial charge in [0.05, 0.1) is 0 Å². The fourth-order valence-electron chi connectivity index (χ4n) is 1.19. The summed E-state index contributed by atoms with van der Waals surface area (Å²) in [5.41, 5.74) is 1.91. The Morgan fingerprint density at radius 2 is 1.92 bits per heavy atom. The Morgan fingerprint density at radius 1 is 1.38 bits per heavy atom. The van der Waals surface area contributed by atoms with Gasteiger partial charge in [0.1, 0.15) is 6.04 Å². The lowest BCUT2D eigenvalue weighted by atomic mass is 10.1. The van der Waals surface area contributed by atoms with Crippen molar-refractivity contribution in [3.63, 3.8) is 0 Å². The Balaban J connectivity index is 2.92. The summed E-state index contributed by atoms with van der Waals surface area (Å²) in [6.07, 6.45) is 0. The van der Waals surface area contributed by atoms with Crippen molar-refractivity contribution in [3.05, 3.63) is 35.4 Å². The summed E-state index contributed by atoms with van der Waals surface area (Å²) in [6, 6.07) is 6.85. The summed E-state index contributed by atoms with van der Waals surface area (Å²) < 4.78 is 0. The van der Waals surface area contributed by atoms with Crippen molar-refractivity contribution < 1.29 is 9.90 Å². The zero-order valence-electron chi connectivity index (χ0n) is 7.74. The second-order valence-electron chi connectivity index (χ2n) is 2.97. The highest BCUT2D eigenvalue weighted by molar-refractivity contribution is 5.75. The van der Waals surface area contributed by atoms with E-state index in [-0.39, 0.29) is 0 Å². The fraction of sp³-hybridized carbons (Fsp3) is 0.300. The number of likely N-dealkylation sites (N-methyl/N-ethyl adjacent to an activating group) is 1. The second-order valence-corrected chi connectivity index (χ2v) is 2.97. The molecule has 13 heavy (non-hydrogen) atoms. The van der Waals surface area contributed by atoms with Gasteiger partial charge in [0, 0.05) is 0 Å². The number of carboxylic acids is 1. The number of benzene rings is 1. The molecule has 0 aliphatic carbocycles. The standard InChI is InChI=1S/C10H13NO2/c1-7-3-5-8(6-4-7)9(11-2)10(12)13/h3-6,9,11H,1-2H3,(H,12,13). The minimum Gasteiger partial charge on any atom is -0.480 e. The van der Waals surface area contributed by atoms with Gasteiger partial charge in [-0.25, -0.2) is 0 Å². The number of rotatable bonds is 3. The Labute approximate surface area is 77.4 Å². The lowest BCUT2D eigenvalue weighted by Gasteiger charge is -2.11. The predicted octanol–water partition coefficient (Wildman–Crippen LogP) is 1.34. The Bertz CT molecular complexity index is 292. The fourth-order valence-corrected chi connectivity index (χ4v) is 1.19. The number of carboxylic acid groups (broad SMARTS) is 1. The molecule has 0 spiro atoms. The molecule has 70 valence electrons. The van der Waals surface area contributed by atoms with Crippen molar-refractivity contribution in [2.45, 2.75) is 13.0 Å². The summed E-state index contributed by atoms with van der Waals surface area (Å²) in [7, 11) is 1.64. The van der Waals surface area contributed by atoms with Crippen molar-refractivity contribution in [2.75, 3.05) is 7.05 Å². The van der Waals surface area contributed by atoms with Crippen LogP contribution in [-0.2, 0) is 4.79 Å². The van der Waals surface area contributed by atoms with Crippen molar-refractivity contribution in [3.8, 4) is 0 Å². The van der Waals surface area contributed by atoms with E-state index in [0.717, 1.165) is 11.1 Å². The van der Waals surface area contributed by atoms with Crippen LogP contribution in [0.15, 0.2) is 24.3 Å². The van der Waals surface area contributed by atoms with Crippen LogP contribution >= 0.6 is 0 Å². The number of nitrogens with one attached hydrogen (secondary N) is 1. The second kappa shape index (κ2) is 4.05. The maximum atomic E-state index is 10.8. The number of aliphatic carboxylic acids is 1. The molecular weight excluding hydrogens is 166 g/mol. The minimum absolute atomic E-state index is 0.611. The molecule has 0 radical (unpaired) electrons. The normalized spacial score (nSPS) is 12.5. The first-order valence-corrected chi connectivity index (χ1v) is 4.12. The molecule has 3 heteroatoms. The van der Waals surface area contributed by atoms with Crippen LogP contribution in [0.1, 0.15) is 17.2 Å². The molecule has 2 N–H and O–H groups in total. The highest BCUT2D eigenvalue weighted by Gasteiger charge is 2.16. The number of hydrogen-bond acceptors (Lipinski definition) is 2. The number of aryl methyl sites for hydroxylation is 1. The summed E-state index contributed by atoms with van der Waals surface area (Å²) in [5.74, 6) is -0.855. The van der Waals surface area contributed by atoms with Gasteiger partial charge >= 0.3 is 5.97 Å². The Kier molecular flexibility index (Phi) is 3.03. The van der Waals surface area contributed by atoms with Crippen molar-refractivity contribution in [2.24, 2.45) is 0 Å². The third kappa shape index (κ3) is 2.29. The first kappa shape index (κ1) is 9.74. The molecule has 0 saturated heterocycles. The van der Waals surface area contributed by atoms with Crippen LogP contribution in [0.5, 0.6) is 0 Å². The van der Waals surface area contributed by atoms with Crippen LogP contribution in [0.25, 0.3) is 0 Å². The van der Waals surface area contributed by atoms with Crippen LogP contribution in [0.2, 0.25) is 0 Å². The number of hydrogen-bond donors (Lipinski definition) is 2. The minimum atomic E-state index is -0.855. The molecule has 0 fully saturated rings. The highest BCUT2D eigenvalue weighted by Crippen LogP contribution is 2.13. The molecule has 0 saturated carbocycles. The number of carbonyl (C=O) groups is 1. The molecule has 0 aromatic heterocycles. The van der Waals surface area contributed by atoms with E-state index in [4.69, 9.17) is 5.11 Å². The molecule has 1 atom stereocenters. The molecule has 1 aromatic rings. The van der Waals surface area contributed by atoms with E-state index in [9.17, 15) is 4.79 Å². The van der Waals surface area contributed by atoms with Crippen LogP contribution in [0, 0.1) is 6.92 Å². The van der Waals surface area contributed by atoms with Crippen molar-refractivity contribution >= 4 is 5.97 Å². The summed E-state index contributed by atoms with van der Waals surface area (Å²) in [5, 5.41) is 11.6. The monoisotopic (exact) mass is 179 g/mol. The molecule has 1 unspecified atom stereocenters. The van der Waals surface area contributed by atoms with Crippen molar-refractivity contribution in [1.82, 2.24) is 5.32 Å². The van der Waals surface area contributed by atoms with E-state index in [1.807, 2.05) is 31.2 Å². The summed E-state index contributed by atoms with van der Waals surface area (Å²) in [6.45, 7) is 1.97.